The number of carbonyl (C=O) groups is 1. The topological polar surface area (TPSA) is 88.2 Å². The molecule has 1 aromatic heterocycles. The minimum atomic E-state index is -3.71. The van der Waals surface area contributed by atoms with E-state index in [9.17, 15) is 13.2 Å². The van der Waals surface area contributed by atoms with Crippen LogP contribution in [-0.2, 0) is 10.0 Å². The lowest BCUT2D eigenvalue weighted by Gasteiger charge is -2.12. The zero-order valence-electron chi connectivity index (χ0n) is 15.9. The number of rotatable bonds is 5. The van der Waals surface area contributed by atoms with E-state index in [1.807, 2.05) is 19.9 Å². The van der Waals surface area contributed by atoms with Crippen LogP contribution in [0.1, 0.15) is 27.0 Å². The molecule has 7 heteroatoms. The van der Waals surface area contributed by atoms with E-state index in [4.69, 9.17) is 0 Å². The number of nitrogens with zero attached hydrogens (tertiary/aromatic N) is 1. The van der Waals surface area contributed by atoms with Gasteiger partial charge in [0.25, 0.3) is 15.9 Å². The van der Waals surface area contributed by atoms with Crippen LogP contribution in [0, 0.1) is 20.8 Å². The molecule has 0 fully saturated rings. The molecule has 0 aliphatic rings. The Morgan fingerprint density at radius 2 is 1.64 bits per heavy atom. The van der Waals surface area contributed by atoms with Crippen LogP contribution in [-0.4, -0.2) is 19.3 Å². The summed E-state index contributed by atoms with van der Waals surface area (Å²) in [6, 6.07) is 13.4. The summed E-state index contributed by atoms with van der Waals surface area (Å²) in [6.07, 6.45) is 3.24. The van der Waals surface area contributed by atoms with Crippen LogP contribution < -0.4 is 10.0 Å². The molecule has 0 saturated heterocycles. The predicted octanol–water partition coefficient (Wildman–Crippen LogP) is 4.06. The first-order chi connectivity index (χ1) is 13.3. The molecule has 0 atom stereocenters. The molecule has 0 radical (unpaired) electrons. The first-order valence-electron chi connectivity index (χ1n) is 8.68. The third kappa shape index (κ3) is 4.37. The van der Waals surface area contributed by atoms with E-state index in [-0.39, 0.29) is 10.8 Å². The van der Waals surface area contributed by atoms with Gasteiger partial charge in [0, 0.05) is 17.4 Å². The number of aryl methyl sites for hydroxylation is 3. The lowest BCUT2D eigenvalue weighted by atomic mass is 10.2. The standard InChI is InChI=1S/C21H21N3O3S/c1-14-4-5-16(3)20(12-14)28(26,27)24-18-8-6-17(7-9-18)21(25)23-19-13-22-11-10-15(19)2/h4-13,24H,1-3H3,(H,23,25). The lowest BCUT2D eigenvalue weighted by molar-refractivity contribution is 0.102. The molecule has 1 amide bonds. The maximum Gasteiger partial charge on any atom is 0.262 e. The average molecular weight is 395 g/mol. The summed E-state index contributed by atoms with van der Waals surface area (Å²) in [5, 5.41) is 2.79. The number of benzene rings is 2. The summed E-state index contributed by atoms with van der Waals surface area (Å²) in [4.78, 5) is 16.6. The number of anilines is 2. The summed E-state index contributed by atoms with van der Waals surface area (Å²) in [5.41, 5.74) is 3.87. The van der Waals surface area contributed by atoms with E-state index in [2.05, 4.69) is 15.0 Å². The van der Waals surface area contributed by atoms with E-state index in [0.29, 0.717) is 22.5 Å². The Balaban J connectivity index is 1.76. The fourth-order valence-electron chi connectivity index (χ4n) is 2.69. The predicted molar refractivity (Wildman–Crippen MR) is 110 cm³/mol. The summed E-state index contributed by atoms with van der Waals surface area (Å²) < 4.78 is 27.9. The van der Waals surface area contributed by atoms with Crippen molar-refractivity contribution in [3.63, 3.8) is 0 Å². The fraction of sp³-hybridized carbons (Fsp3) is 0.143. The van der Waals surface area contributed by atoms with Crippen molar-refractivity contribution in [2.75, 3.05) is 10.0 Å². The van der Waals surface area contributed by atoms with E-state index < -0.39 is 10.0 Å². The Labute approximate surface area is 164 Å². The first kappa shape index (κ1) is 19.6. The van der Waals surface area contributed by atoms with Gasteiger partial charge in [-0.3, -0.25) is 14.5 Å². The van der Waals surface area contributed by atoms with Crippen molar-refractivity contribution in [1.29, 1.82) is 0 Å². The smallest absolute Gasteiger partial charge is 0.262 e. The highest BCUT2D eigenvalue weighted by Crippen LogP contribution is 2.21. The van der Waals surface area contributed by atoms with Crippen LogP contribution >= 0.6 is 0 Å². The Morgan fingerprint density at radius 1 is 0.929 bits per heavy atom. The molecule has 0 aliphatic heterocycles. The SMILES string of the molecule is Cc1ccc(C)c(S(=O)(=O)Nc2ccc(C(=O)Nc3cnccc3C)cc2)c1. The van der Waals surface area contributed by atoms with Gasteiger partial charge < -0.3 is 5.32 Å². The summed E-state index contributed by atoms with van der Waals surface area (Å²) >= 11 is 0. The molecule has 0 aliphatic carbocycles. The number of hydrogen-bond donors (Lipinski definition) is 2. The van der Waals surface area contributed by atoms with Gasteiger partial charge in [-0.1, -0.05) is 12.1 Å². The maximum atomic E-state index is 12.7. The molecule has 2 N–H and O–H groups in total. The third-order valence-corrected chi connectivity index (χ3v) is 5.84. The van der Waals surface area contributed by atoms with Crippen molar-refractivity contribution in [3.05, 3.63) is 83.2 Å². The van der Waals surface area contributed by atoms with Gasteiger partial charge in [-0.2, -0.15) is 0 Å². The number of pyridine rings is 1. The monoisotopic (exact) mass is 395 g/mol. The average Bonchev–Trinajstić information content (AvgIpc) is 2.65. The highest BCUT2D eigenvalue weighted by atomic mass is 32.2. The van der Waals surface area contributed by atoms with Crippen molar-refractivity contribution in [3.8, 4) is 0 Å². The molecule has 144 valence electrons. The van der Waals surface area contributed by atoms with Gasteiger partial charge in [0.15, 0.2) is 0 Å². The molecule has 2 aromatic carbocycles. The van der Waals surface area contributed by atoms with Crippen LogP contribution in [0.25, 0.3) is 0 Å². The molecule has 3 aromatic rings. The first-order valence-corrected chi connectivity index (χ1v) is 10.2. The maximum absolute atomic E-state index is 12.7. The summed E-state index contributed by atoms with van der Waals surface area (Å²) in [5.74, 6) is -0.292. The third-order valence-electron chi connectivity index (χ3n) is 4.32. The minimum Gasteiger partial charge on any atom is -0.320 e. The zero-order valence-corrected chi connectivity index (χ0v) is 16.7. The van der Waals surface area contributed by atoms with Crippen molar-refractivity contribution < 1.29 is 13.2 Å². The van der Waals surface area contributed by atoms with Crippen LogP contribution in [0.2, 0.25) is 0 Å². The Hall–Kier alpha value is -3.19. The Morgan fingerprint density at radius 3 is 2.32 bits per heavy atom. The molecular formula is C21H21N3O3S. The largest absolute Gasteiger partial charge is 0.320 e. The highest BCUT2D eigenvalue weighted by Gasteiger charge is 2.17. The molecule has 0 bridgehead atoms. The second kappa shape index (κ2) is 7.82. The molecule has 28 heavy (non-hydrogen) atoms. The number of hydrogen-bond acceptors (Lipinski definition) is 4. The molecule has 1 heterocycles. The van der Waals surface area contributed by atoms with Crippen molar-refractivity contribution in [2.45, 2.75) is 25.7 Å². The van der Waals surface area contributed by atoms with Crippen molar-refractivity contribution in [2.24, 2.45) is 0 Å². The van der Waals surface area contributed by atoms with Crippen LogP contribution in [0.5, 0.6) is 0 Å². The van der Waals surface area contributed by atoms with Gasteiger partial charge in [0.2, 0.25) is 0 Å². The molecular weight excluding hydrogens is 374 g/mol. The summed E-state index contributed by atoms with van der Waals surface area (Å²) in [6.45, 7) is 5.47. The van der Waals surface area contributed by atoms with Gasteiger partial charge in [-0.05, 0) is 73.9 Å². The number of sulfonamides is 1. The number of carbonyl (C=O) groups excluding carboxylic acids is 1. The van der Waals surface area contributed by atoms with Crippen molar-refractivity contribution >= 4 is 27.3 Å². The number of amides is 1. The molecule has 3 rings (SSSR count). The second-order valence-electron chi connectivity index (χ2n) is 6.60. The van der Waals surface area contributed by atoms with Crippen LogP contribution in [0.15, 0.2) is 65.8 Å². The van der Waals surface area contributed by atoms with Gasteiger partial charge in [0.1, 0.15) is 0 Å². The normalized spacial score (nSPS) is 11.1. The zero-order chi connectivity index (χ0) is 20.3. The van der Waals surface area contributed by atoms with E-state index in [1.165, 1.54) is 0 Å². The Kier molecular flexibility index (Phi) is 5.46. The van der Waals surface area contributed by atoms with Gasteiger partial charge >= 0.3 is 0 Å². The minimum absolute atomic E-state index is 0.237. The van der Waals surface area contributed by atoms with Gasteiger partial charge in [-0.15, -0.1) is 0 Å². The van der Waals surface area contributed by atoms with E-state index in [0.717, 1.165) is 11.1 Å². The quantitative estimate of drug-likeness (QED) is 0.682. The van der Waals surface area contributed by atoms with Crippen molar-refractivity contribution in [1.82, 2.24) is 4.98 Å². The van der Waals surface area contributed by atoms with Gasteiger partial charge in [0.05, 0.1) is 16.8 Å². The second-order valence-corrected chi connectivity index (χ2v) is 8.25. The number of nitrogens with one attached hydrogen (secondary N) is 2. The van der Waals surface area contributed by atoms with E-state index >= 15 is 0 Å². The lowest BCUT2D eigenvalue weighted by Crippen LogP contribution is -2.15. The molecule has 0 saturated carbocycles. The molecule has 0 spiro atoms. The Bertz CT molecular complexity index is 1120. The fourth-order valence-corrected chi connectivity index (χ4v) is 4.08. The van der Waals surface area contributed by atoms with E-state index in [1.54, 1.807) is 61.8 Å². The highest BCUT2D eigenvalue weighted by molar-refractivity contribution is 7.92. The van der Waals surface area contributed by atoms with Crippen LogP contribution in [0.3, 0.4) is 0 Å². The number of aromatic nitrogens is 1. The molecule has 6 nitrogen and oxygen atoms in total. The van der Waals surface area contributed by atoms with Crippen LogP contribution in [0.4, 0.5) is 11.4 Å². The van der Waals surface area contributed by atoms with Gasteiger partial charge in [-0.25, -0.2) is 8.42 Å². The molecule has 0 unspecified atom stereocenters. The summed E-state index contributed by atoms with van der Waals surface area (Å²) in [7, 11) is -3.71.